The second-order valence-corrected chi connectivity index (χ2v) is 8.93. The first-order chi connectivity index (χ1) is 16.0. The number of fused-ring (bicyclic) bond motifs is 2. The van der Waals surface area contributed by atoms with Gasteiger partial charge in [-0.15, -0.1) is 0 Å². The average molecular weight is 465 g/mol. The largest absolute Gasteiger partial charge is 0.444 e. The van der Waals surface area contributed by atoms with Crippen molar-refractivity contribution < 1.29 is 33.5 Å². The maximum atomic E-state index is 12.7. The van der Waals surface area contributed by atoms with Crippen molar-refractivity contribution in [2.75, 3.05) is 5.32 Å². The third-order valence-electron chi connectivity index (χ3n) is 5.24. The molecular formula is C24H23N3O7. The average Bonchev–Trinajstić information content (AvgIpc) is 2.90. The van der Waals surface area contributed by atoms with Gasteiger partial charge < -0.3 is 20.2 Å². The third-order valence-corrected chi connectivity index (χ3v) is 5.24. The highest BCUT2D eigenvalue weighted by atomic mass is 16.7. The predicted molar refractivity (Wildman–Crippen MR) is 119 cm³/mol. The van der Waals surface area contributed by atoms with Gasteiger partial charge in [-0.05, 0) is 69.5 Å². The van der Waals surface area contributed by atoms with Crippen LogP contribution in [-0.4, -0.2) is 46.5 Å². The number of aryl methyl sites for hydroxylation is 1. The molecule has 1 atom stereocenters. The fraction of sp³-hybridized carbons (Fsp3) is 0.292. The lowest BCUT2D eigenvalue weighted by Crippen LogP contribution is -2.45. The first-order valence-electron chi connectivity index (χ1n) is 10.7. The van der Waals surface area contributed by atoms with Crippen LogP contribution in [0.1, 0.15) is 63.8 Å². The van der Waals surface area contributed by atoms with Crippen molar-refractivity contribution in [3.63, 3.8) is 0 Å². The van der Waals surface area contributed by atoms with Gasteiger partial charge in [0.25, 0.3) is 11.8 Å². The van der Waals surface area contributed by atoms with Crippen LogP contribution in [0.5, 0.6) is 0 Å². The molecule has 0 saturated heterocycles. The van der Waals surface area contributed by atoms with Crippen molar-refractivity contribution >= 4 is 35.5 Å². The number of hydrogen-bond acceptors (Lipinski definition) is 7. The molecule has 1 unspecified atom stereocenters. The Labute approximate surface area is 195 Å². The van der Waals surface area contributed by atoms with Gasteiger partial charge in [0, 0.05) is 5.69 Å². The molecule has 2 aromatic carbocycles. The Morgan fingerprint density at radius 2 is 1.68 bits per heavy atom. The van der Waals surface area contributed by atoms with Gasteiger partial charge in [-0.2, -0.15) is 0 Å². The maximum absolute atomic E-state index is 12.7. The lowest BCUT2D eigenvalue weighted by Gasteiger charge is -2.22. The van der Waals surface area contributed by atoms with E-state index in [0.717, 1.165) is 0 Å². The molecular weight excluding hydrogens is 442 g/mol. The van der Waals surface area contributed by atoms with E-state index >= 15 is 0 Å². The number of carbonyl (C=O) groups excluding carboxylic acids is 5. The molecule has 2 aromatic rings. The molecule has 0 saturated carbocycles. The summed E-state index contributed by atoms with van der Waals surface area (Å²) < 4.78 is 5.21. The molecule has 0 radical (unpaired) electrons. The van der Waals surface area contributed by atoms with Crippen LogP contribution in [0.2, 0.25) is 0 Å². The van der Waals surface area contributed by atoms with E-state index in [1.54, 1.807) is 32.9 Å². The van der Waals surface area contributed by atoms with Gasteiger partial charge in [0.05, 0.1) is 16.7 Å². The molecule has 10 nitrogen and oxygen atoms in total. The summed E-state index contributed by atoms with van der Waals surface area (Å²) >= 11 is 0. The molecule has 4 amide bonds. The van der Waals surface area contributed by atoms with Gasteiger partial charge in [-0.25, -0.2) is 9.59 Å². The number of imide groups is 1. The van der Waals surface area contributed by atoms with Crippen molar-refractivity contribution in [2.45, 2.75) is 45.3 Å². The van der Waals surface area contributed by atoms with E-state index in [1.807, 2.05) is 0 Å². The van der Waals surface area contributed by atoms with E-state index in [4.69, 9.17) is 9.57 Å². The van der Waals surface area contributed by atoms with Crippen LogP contribution in [0.4, 0.5) is 10.5 Å². The standard InChI is InChI=1S/C24H23N3O7/c1-24(2,3)33-23(32)26-18-11-8-13-12-14(9-10-17(13)25-19(18)28)22(31)34-27-20(29)15-6-4-5-7-16(15)21(27)30/h4-7,9-10,12,18H,8,11H2,1-3H3,(H,25,28)(H,26,32). The third kappa shape index (κ3) is 4.61. The van der Waals surface area contributed by atoms with Gasteiger partial charge in [0.15, 0.2) is 0 Å². The number of rotatable bonds is 3. The molecule has 10 heteroatoms. The number of hydroxylamine groups is 2. The van der Waals surface area contributed by atoms with Crippen molar-refractivity contribution in [3.05, 3.63) is 64.7 Å². The number of anilines is 1. The predicted octanol–water partition coefficient (Wildman–Crippen LogP) is 2.83. The van der Waals surface area contributed by atoms with Crippen molar-refractivity contribution in [1.29, 1.82) is 0 Å². The van der Waals surface area contributed by atoms with Crippen molar-refractivity contribution in [3.8, 4) is 0 Å². The Kier molecular flexibility index (Phi) is 5.82. The van der Waals surface area contributed by atoms with Gasteiger partial charge in [-0.1, -0.05) is 17.2 Å². The monoisotopic (exact) mass is 465 g/mol. The minimum atomic E-state index is -0.892. The van der Waals surface area contributed by atoms with Gasteiger partial charge in [-0.3, -0.25) is 14.4 Å². The molecule has 0 fully saturated rings. The molecule has 176 valence electrons. The van der Waals surface area contributed by atoms with E-state index in [9.17, 15) is 24.0 Å². The van der Waals surface area contributed by atoms with Crippen LogP contribution < -0.4 is 10.6 Å². The lowest BCUT2D eigenvalue weighted by atomic mass is 10.0. The van der Waals surface area contributed by atoms with Crippen LogP contribution >= 0.6 is 0 Å². The highest BCUT2D eigenvalue weighted by molar-refractivity contribution is 6.21. The Hall–Kier alpha value is -4.21. The molecule has 2 heterocycles. The summed E-state index contributed by atoms with van der Waals surface area (Å²) in [7, 11) is 0. The summed E-state index contributed by atoms with van der Waals surface area (Å²) in [6, 6.07) is 9.83. The molecule has 34 heavy (non-hydrogen) atoms. The normalized spacial score (nSPS) is 17.3. The van der Waals surface area contributed by atoms with Crippen molar-refractivity contribution in [1.82, 2.24) is 10.4 Å². The quantitative estimate of drug-likeness (QED) is 0.667. The first-order valence-corrected chi connectivity index (χ1v) is 10.7. The number of ether oxygens (including phenoxy) is 1. The second-order valence-electron chi connectivity index (χ2n) is 8.93. The molecule has 0 aliphatic carbocycles. The van der Waals surface area contributed by atoms with Gasteiger partial charge >= 0.3 is 12.1 Å². The van der Waals surface area contributed by atoms with Crippen LogP contribution in [0.3, 0.4) is 0 Å². The second kappa shape index (κ2) is 8.62. The molecule has 2 N–H and O–H groups in total. The Morgan fingerprint density at radius 3 is 2.29 bits per heavy atom. The van der Waals surface area contributed by atoms with Gasteiger partial charge in [0.2, 0.25) is 5.91 Å². The molecule has 0 aromatic heterocycles. The molecule has 2 aliphatic rings. The number of carbonyl (C=O) groups is 5. The zero-order valence-electron chi connectivity index (χ0n) is 18.8. The van der Waals surface area contributed by atoms with E-state index in [1.165, 1.54) is 30.3 Å². The fourth-order valence-corrected chi connectivity index (χ4v) is 3.67. The number of amides is 4. The number of nitrogens with zero attached hydrogens (tertiary/aromatic N) is 1. The summed E-state index contributed by atoms with van der Waals surface area (Å²) in [5, 5.41) is 5.73. The lowest BCUT2D eigenvalue weighted by molar-refractivity contribution is -0.118. The zero-order valence-corrected chi connectivity index (χ0v) is 18.8. The molecule has 4 rings (SSSR count). The summed E-state index contributed by atoms with van der Waals surface area (Å²) in [5.74, 6) is -2.73. The van der Waals surface area contributed by atoms with Crippen molar-refractivity contribution in [2.24, 2.45) is 0 Å². The van der Waals surface area contributed by atoms with Gasteiger partial charge in [0.1, 0.15) is 11.6 Å². The van der Waals surface area contributed by atoms with Crippen LogP contribution in [0, 0.1) is 0 Å². The molecule has 0 spiro atoms. The van der Waals surface area contributed by atoms with E-state index < -0.39 is 41.4 Å². The maximum Gasteiger partial charge on any atom is 0.408 e. The highest BCUT2D eigenvalue weighted by Crippen LogP contribution is 2.26. The topological polar surface area (TPSA) is 131 Å². The van der Waals surface area contributed by atoms with E-state index in [-0.39, 0.29) is 23.1 Å². The minimum absolute atomic E-state index is 0.100. The highest BCUT2D eigenvalue weighted by Gasteiger charge is 2.39. The Balaban J connectivity index is 1.45. The fourth-order valence-electron chi connectivity index (χ4n) is 3.67. The Bertz CT molecular complexity index is 1180. The van der Waals surface area contributed by atoms with E-state index in [0.29, 0.717) is 22.7 Å². The summed E-state index contributed by atoms with van der Waals surface area (Å²) in [4.78, 5) is 67.3. The number of alkyl carbamates (subject to hydrolysis) is 1. The first kappa shape index (κ1) is 23.0. The van der Waals surface area contributed by atoms with Crippen LogP contribution in [0.15, 0.2) is 42.5 Å². The molecule has 2 aliphatic heterocycles. The summed E-state index contributed by atoms with van der Waals surface area (Å²) in [6.07, 6.45) is -0.0682. The minimum Gasteiger partial charge on any atom is -0.444 e. The van der Waals surface area contributed by atoms with Crippen LogP contribution in [0.25, 0.3) is 0 Å². The SMILES string of the molecule is CC(C)(C)OC(=O)NC1CCc2cc(C(=O)ON3C(=O)c4ccccc4C3=O)ccc2NC1=O. The van der Waals surface area contributed by atoms with Crippen LogP contribution in [-0.2, 0) is 20.8 Å². The summed E-state index contributed by atoms with van der Waals surface area (Å²) in [5.41, 5.74) is 0.836. The molecule has 0 bridgehead atoms. The Morgan fingerprint density at radius 1 is 1.03 bits per heavy atom. The number of hydrogen-bond donors (Lipinski definition) is 2. The zero-order chi connectivity index (χ0) is 24.6. The smallest absolute Gasteiger partial charge is 0.408 e. The number of nitrogens with one attached hydrogen (secondary N) is 2. The number of benzene rings is 2. The summed E-state index contributed by atoms with van der Waals surface area (Å²) in [6.45, 7) is 5.16. The van der Waals surface area contributed by atoms with E-state index in [2.05, 4.69) is 10.6 Å².